The van der Waals surface area contributed by atoms with Gasteiger partial charge in [0.2, 0.25) is 0 Å². The summed E-state index contributed by atoms with van der Waals surface area (Å²) in [5.41, 5.74) is 15.3. The number of fused-ring (bicyclic) bond motifs is 9. The van der Waals surface area contributed by atoms with Crippen LogP contribution < -0.4 is 9.80 Å². The number of rotatable bonds is 9. The number of furan rings is 1. The average molecular weight is 931 g/mol. The Balaban J connectivity index is 0.960. The van der Waals surface area contributed by atoms with Crippen LogP contribution in [0.5, 0.6) is 0 Å². The summed E-state index contributed by atoms with van der Waals surface area (Å²) in [6.07, 6.45) is 0. The maximum atomic E-state index is 6.89. The van der Waals surface area contributed by atoms with Crippen LogP contribution in [0.2, 0.25) is 0 Å². The average Bonchev–Trinajstić information content (AvgIpc) is 3.86. The van der Waals surface area contributed by atoms with Gasteiger partial charge >= 0.3 is 0 Å². The summed E-state index contributed by atoms with van der Waals surface area (Å²) >= 11 is 0. The largest absolute Gasteiger partial charge is 0.456 e. The molecular weight excluding hydrogens is 885 g/mol. The number of anilines is 6. The van der Waals surface area contributed by atoms with Crippen molar-refractivity contribution in [2.75, 3.05) is 9.80 Å². The molecule has 0 aliphatic rings. The molecule has 0 bridgehead atoms. The van der Waals surface area contributed by atoms with E-state index in [2.05, 4.69) is 289 Å². The lowest BCUT2D eigenvalue weighted by molar-refractivity contribution is 0.669. The van der Waals surface area contributed by atoms with Gasteiger partial charge in [-0.3, -0.25) is 0 Å². The van der Waals surface area contributed by atoms with Gasteiger partial charge in [0.1, 0.15) is 11.2 Å². The van der Waals surface area contributed by atoms with Crippen LogP contribution in [-0.2, 0) is 0 Å². The van der Waals surface area contributed by atoms with Crippen LogP contribution in [0.15, 0.2) is 283 Å². The summed E-state index contributed by atoms with van der Waals surface area (Å²) in [5, 5.41) is 11.6. The Morgan fingerprint density at radius 2 is 0.630 bits per heavy atom. The van der Waals surface area contributed by atoms with Crippen molar-refractivity contribution < 1.29 is 4.42 Å². The minimum Gasteiger partial charge on any atom is -0.456 e. The third-order valence-corrected chi connectivity index (χ3v) is 14.6. The third kappa shape index (κ3) is 7.21. The summed E-state index contributed by atoms with van der Waals surface area (Å²) in [6, 6.07) is 101. The molecule has 14 rings (SSSR count). The molecule has 1 aromatic heterocycles. The van der Waals surface area contributed by atoms with E-state index in [4.69, 9.17) is 4.42 Å². The first-order valence-corrected chi connectivity index (χ1v) is 25.0. The fourth-order valence-electron chi connectivity index (χ4n) is 11.3. The predicted octanol–water partition coefficient (Wildman–Crippen LogP) is 20.1. The molecule has 0 N–H and O–H groups in total. The lowest BCUT2D eigenvalue weighted by Gasteiger charge is -2.29. The van der Waals surface area contributed by atoms with E-state index in [0.29, 0.717) is 0 Å². The Bertz CT molecular complexity index is 4350. The molecule has 0 radical (unpaired) electrons. The molecule has 14 aromatic rings. The number of hydrogen-bond acceptors (Lipinski definition) is 3. The molecule has 342 valence electrons. The summed E-state index contributed by atoms with van der Waals surface area (Å²) in [5.74, 6) is 0. The molecule has 3 heteroatoms. The highest BCUT2D eigenvalue weighted by atomic mass is 16.3. The first kappa shape index (κ1) is 42.2. The molecule has 0 fully saturated rings. The lowest BCUT2D eigenvalue weighted by atomic mass is 9.91. The maximum Gasteiger partial charge on any atom is 0.138 e. The van der Waals surface area contributed by atoms with E-state index in [1.807, 2.05) is 0 Å². The van der Waals surface area contributed by atoms with E-state index in [-0.39, 0.29) is 0 Å². The van der Waals surface area contributed by atoms with Crippen LogP contribution in [0.4, 0.5) is 34.1 Å². The van der Waals surface area contributed by atoms with Gasteiger partial charge in [0, 0.05) is 50.1 Å². The van der Waals surface area contributed by atoms with Gasteiger partial charge in [-0.2, -0.15) is 0 Å². The molecule has 0 unspecified atom stereocenters. The Hall–Kier alpha value is -9.70. The maximum absolute atomic E-state index is 6.89. The molecule has 0 spiro atoms. The minimum absolute atomic E-state index is 0.857. The second-order valence-electron chi connectivity index (χ2n) is 18.8. The number of benzene rings is 13. The molecule has 0 aliphatic carbocycles. The Labute approximate surface area is 423 Å². The molecule has 1 heterocycles. The van der Waals surface area contributed by atoms with Crippen molar-refractivity contribution in [3.63, 3.8) is 0 Å². The fourth-order valence-corrected chi connectivity index (χ4v) is 11.3. The number of nitrogens with zero attached hydrogens (tertiary/aromatic N) is 2. The van der Waals surface area contributed by atoms with Crippen LogP contribution >= 0.6 is 0 Å². The molecular formula is C70H46N2O. The molecule has 0 saturated carbocycles. The van der Waals surface area contributed by atoms with Gasteiger partial charge in [-0.25, -0.2) is 0 Å². The van der Waals surface area contributed by atoms with E-state index >= 15 is 0 Å². The first-order valence-electron chi connectivity index (χ1n) is 25.0. The first-order chi connectivity index (χ1) is 36.2. The summed E-state index contributed by atoms with van der Waals surface area (Å²) in [6.45, 7) is 0. The highest BCUT2D eigenvalue weighted by molar-refractivity contribution is 6.29. The molecule has 0 atom stereocenters. The quantitative estimate of drug-likeness (QED) is 0.144. The third-order valence-electron chi connectivity index (χ3n) is 14.6. The summed E-state index contributed by atoms with van der Waals surface area (Å²) in [7, 11) is 0. The molecule has 0 amide bonds. The molecule has 0 aliphatic heterocycles. The topological polar surface area (TPSA) is 19.6 Å². The van der Waals surface area contributed by atoms with Crippen LogP contribution in [-0.4, -0.2) is 0 Å². The van der Waals surface area contributed by atoms with Gasteiger partial charge in [0.25, 0.3) is 0 Å². The SMILES string of the molecule is c1ccc(-c2ccc(N(c3ccccc3)c3ccc(-c4ccc(N(c5ccc(-c6ccccc6)cc5)c5cc6oc7ccc8ccccc8c7c6c6ccccc56)c5ccccc45)c4ccccc34)cc2)cc1. The highest BCUT2D eigenvalue weighted by Crippen LogP contribution is 2.50. The van der Waals surface area contributed by atoms with Crippen molar-refractivity contribution >= 4 is 99.2 Å². The normalized spacial score (nSPS) is 11.6. The summed E-state index contributed by atoms with van der Waals surface area (Å²) < 4.78 is 6.89. The van der Waals surface area contributed by atoms with E-state index in [0.717, 1.165) is 72.2 Å². The van der Waals surface area contributed by atoms with Gasteiger partial charge in [-0.15, -0.1) is 0 Å². The Kier molecular flexibility index (Phi) is 10.2. The van der Waals surface area contributed by atoms with Crippen molar-refractivity contribution in [2.24, 2.45) is 0 Å². The fraction of sp³-hybridized carbons (Fsp3) is 0. The smallest absolute Gasteiger partial charge is 0.138 e. The zero-order chi connectivity index (χ0) is 48.2. The zero-order valence-electron chi connectivity index (χ0n) is 39.9. The Morgan fingerprint density at radius 1 is 0.233 bits per heavy atom. The van der Waals surface area contributed by atoms with Crippen molar-refractivity contribution in [3.05, 3.63) is 279 Å². The number of para-hydroxylation sites is 1. The van der Waals surface area contributed by atoms with Gasteiger partial charge in [0.15, 0.2) is 0 Å². The summed E-state index contributed by atoms with van der Waals surface area (Å²) in [4.78, 5) is 4.82. The van der Waals surface area contributed by atoms with Gasteiger partial charge in [-0.1, -0.05) is 218 Å². The van der Waals surface area contributed by atoms with Gasteiger partial charge in [0.05, 0.1) is 17.1 Å². The van der Waals surface area contributed by atoms with Crippen molar-refractivity contribution in [1.29, 1.82) is 0 Å². The Morgan fingerprint density at radius 3 is 1.19 bits per heavy atom. The molecule has 3 nitrogen and oxygen atoms in total. The van der Waals surface area contributed by atoms with E-state index in [9.17, 15) is 0 Å². The lowest BCUT2D eigenvalue weighted by Crippen LogP contribution is -2.11. The monoisotopic (exact) mass is 930 g/mol. The van der Waals surface area contributed by atoms with Crippen molar-refractivity contribution in [3.8, 4) is 33.4 Å². The van der Waals surface area contributed by atoms with Gasteiger partial charge in [-0.05, 0) is 115 Å². The van der Waals surface area contributed by atoms with Crippen molar-refractivity contribution in [2.45, 2.75) is 0 Å². The van der Waals surface area contributed by atoms with Crippen molar-refractivity contribution in [1.82, 2.24) is 0 Å². The highest BCUT2D eigenvalue weighted by Gasteiger charge is 2.25. The minimum atomic E-state index is 0.857. The second-order valence-corrected chi connectivity index (χ2v) is 18.8. The van der Waals surface area contributed by atoms with E-state index in [1.54, 1.807) is 0 Å². The van der Waals surface area contributed by atoms with Crippen LogP contribution in [0.25, 0.3) is 98.4 Å². The second kappa shape index (κ2) is 17.6. The molecule has 0 saturated heterocycles. The molecule has 73 heavy (non-hydrogen) atoms. The molecule has 13 aromatic carbocycles. The van der Waals surface area contributed by atoms with Crippen LogP contribution in [0.1, 0.15) is 0 Å². The van der Waals surface area contributed by atoms with Crippen LogP contribution in [0, 0.1) is 0 Å². The van der Waals surface area contributed by atoms with E-state index in [1.165, 1.54) is 60.3 Å². The predicted molar refractivity (Wildman–Crippen MR) is 309 cm³/mol. The zero-order valence-corrected chi connectivity index (χ0v) is 39.9. The van der Waals surface area contributed by atoms with Gasteiger partial charge < -0.3 is 14.2 Å². The standard InChI is InChI=1S/C70H46N2O/c1-4-18-47(19-5-1)49-32-37-53(38-33-49)71(52-23-8-3-9-24-52)64-43-41-58(56-26-12-14-28-60(56)64)59-42-44-65(61-29-15-13-27-57(59)61)72(54-39-34-50(35-40-54)48-20-6-2-7-21-48)66-46-68-70(63-31-17-16-30-62(63)66)69-55-25-11-10-22-51(55)36-45-67(69)73-68/h1-46H. The van der Waals surface area contributed by atoms with E-state index < -0.39 is 0 Å². The van der Waals surface area contributed by atoms with Crippen LogP contribution in [0.3, 0.4) is 0 Å². The number of hydrogen-bond donors (Lipinski definition) is 0.